The van der Waals surface area contributed by atoms with Gasteiger partial charge in [0.05, 0.1) is 19.1 Å². The summed E-state index contributed by atoms with van der Waals surface area (Å²) < 4.78 is 16.1. The normalized spacial score (nSPS) is 39.4. The van der Waals surface area contributed by atoms with Crippen molar-refractivity contribution in [1.29, 1.82) is 0 Å². The summed E-state index contributed by atoms with van der Waals surface area (Å²) in [4.78, 5) is 11.6. The number of ether oxygens (including phenoxy) is 3. The van der Waals surface area contributed by atoms with Crippen LogP contribution in [0, 0.1) is 5.92 Å². The maximum atomic E-state index is 11.6. The van der Waals surface area contributed by atoms with E-state index < -0.39 is 6.10 Å². The molecule has 16 heavy (non-hydrogen) atoms. The zero-order valence-electron chi connectivity index (χ0n) is 9.59. The van der Waals surface area contributed by atoms with Crippen molar-refractivity contribution >= 4 is 5.97 Å². The van der Waals surface area contributed by atoms with Gasteiger partial charge < -0.3 is 19.3 Å². The van der Waals surface area contributed by atoms with Crippen LogP contribution in [0.1, 0.15) is 20.3 Å². The zero-order chi connectivity index (χ0) is 11.7. The van der Waals surface area contributed by atoms with Crippen molar-refractivity contribution in [2.75, 3.05) is 13.2 Å². The maximum Gasteiger partial charge on any atom is 0.309 e. The first-order valence-corrected chi connectivity index (χ1v) is 5.75. The van der Waals surface area contributed by atoms with Crippen molar-refractivity contribution in [2.45, 2.75) is 44.7 Å². The predicted octanol–water partition coefficient (Wildman–Crippen LogP) is 0.103. The molecule has 0 radical (unpaired) electrons. The molecule has 0 amide bonds. The van der Waals surface area contributed by atoms with Crippen molar-refractivity contribution in [3.63, 3.8) is 0 Å². The molecule has 5 unspecified atom stereocenters. The van der Waals surface area contributed by atoms with Crippen molar-refractivity contribution in [2.24, 2.45) is 5.92 Å². The smallest absolute Gasteiger partial charge is 0.309 e. The number of carbonyl (C=O) groups is 1. The molecule has 2 aliphatic heterocycles. The number of aliphatic hydroxyl groups is 1. The highest BCUT2D eigenvalue weighted by atomic mass is 16.6. The number of aliphatic hydroxyl groups excluding tert-OH is 1. The van der Waals surface area contributed by atoms with Crippen molar-refractivity contribution in [3.8, 4) is 0 Å². The quantitative estimate of drug-likeness (QED) is 0.697. The molecule has 2 heterocycles. The molecule has 5 heteroatoms. The molecule has 0 aromatic carbocycles. The fourth-order valence-electron chi connectivity index (χ4n) is 1.98. The van der Waals surface area contributed by atoms with Gasteiger partial charge >= 0.3 is 5.97 Å². The summed E-state index contributed by atoms with van der Waals surface area (Å²) in [5, 5.41) is 9.52. The van der Waals surface area contributed by atoms with Crippen molar-refractivity contribution in [3.05, 3.63) is 0 Å². The third-order valence-electron chi connectivity index (χ3n) is 3.26. The second kappa shape index (κ2) is 4.69. The average Bonchev–Trinajstić information content (AvgIpc) is 2.82. The minimum absolute atomic E-state index is 0.106. The SMILES string of the molecule is CCC(C)C(=O)OC1COC2C(O)COC12. The van der Waals surface area contributed by atoms with Crippen LogP contribution in [0.4, 0.5) is 0 Å². The molecular formula is C11H18O5. The number of hydrogen-bond acceptors (Lipinski definition) is 5. The topological polar surface area (TPSA) is 65.0 Å². The molecule has 0 spiro atoms. The number of hydrogen-bond donors (Lipinski definition) is 1. The highest BCUT2D eigenvalue weighted by Gasteiger charge is 2.49. The Morgan fingerprint density at radius 1 is 1.44 bits per heavy atom. The number of fused-ring (bicyclic) bond motifs is 1. The summed E-state index contributed by atoms with van der Waals surface area (Å²) >= 11 is 0. The summed E-state index contributed by atoms with van der Waals surface area (Å²) in [7, 11) is 0. The fourth-order valence-corrected chi connectivity index (χ4v) is 1.98. The zero-order valence-corrected chi connectivity index (χ0v) is 9.59. The largest absolute Gasteiger partial charge is 0.457 e. The Labute approximate surface area is 94.7 Å². The lowest BCUT2D eigenvalue weighted by Gasteiger charge is -2.18. The second-order valence-electron chi connectivity index (χ2n) is 4.45. The van der Waals surface area contributed by atoms with Crippen LogP contribution in [0.15, 0.2) is 0 Å². The van der Waals surface area contributed by atoms with Gasteiger partial charge in [0.2, 0.25) is 0 Å². The van der Waals surface area contributed by atoms with E-state index in [2.05, 4.69) is 0 Å². The number of rotatable bonds is 3. The summed E-state index contributed by atoms with van der Waals surface area (Å²) in [5.41, 5.74) is 0. The predicted molar refractivity (Wildman–Crippen MR) is 54.8 cm³/mol. The van der Waals surface area contributed by atoms with E-state index in [4.69, 9.17) is 14.2 Å². The van der Waals surface area contributed by atoms with Crippen LogP contribution in [0.3, 0.4) is 0 Å². The maximum absolute atomic E-state index is 11.6. The van der Waals surface area contributed by atoms with Crippen LogP contribution in [0.2, 0.25) is 0 Å². The first-order valence-electron chi connectivity index (χ1n) is 5.75. The monoisotopic (exact) mass is 230 g/mol. The summed E-state index contributed by atoms with van der Waals surface area (Å²) in [5.74, 6) is -0.327. The number of esters is 1. The Kier molecular flexibility index (Phi) is 3.47. The molecule has 5 atom stereocenters. The summed E-state index contributed by atoms with van der Waals surface area (Å²) in [6.07, 6.45) is -0.858. The van der Waals surface area contributed by atoms with Crippen molar-refractivity contribution < 1.29 is 24.1 Å². The van der Waals surface area contributed by atoms with E-state index in [-0.39, 0.29) is 36.8 Å². The molecule has 92 valence electrons. The van der Waals surface area contributed by atoms with Gasteiger partial charge in [-0.05, 0) is 6.42 Å². The molecule has 2 aliphatic rings. The van der Waals surface area contributed by atoms with Gasteiger partial charge in [0, 0.05) is 0 Å². The minimum atomic E-state index is -0.600. The highest BCUT2D eigenvalue weighted by molar-refractivity contribution is 5.72. The molecule has 0 saturated carbocycles. The minimum Gasteiger partial charge on any atom is -0.457 e. The molecule has 2 saturated heterocycles. The molecule has 2 fully saturated rings. The van der Waals surface area contributed by atoms with E-state index in [1.54, 1.807) is 0 Å². The highest BCUT2D eigenvalue weighted by Crippen LogP contribution is 2.29. The van der Waals surface area contributed by atoms with E-state index in [0.717, 1.165) is 6.42 Å². The summed E-state index contributed by atoms with van der Waals surface area (Å²) in [6.45, 7) is 4.34. The molecular weight excluding hydrogens is 212 g/mol. The molecule has 0 aromatic heterocycles. The van der Waals surface area contributed by atoms with Crippen LogP contribution in [-0.4, -0.2) is 48.7 Å². The lowest BCUT2D eigenvalue weighted by Crippen LogP contribution is -2.35. The van der Waals surface area contributed by atoms with E-state index in [9.17, 15) is 9.90 Å². The molecule has 2 rings (SSSR count). The van der Waals surface area contributed by atoms with Gasteiger partial charge in [0.15, 0.2) is 6.10 Å². The Morgan fingerprint density at radius 3 is 2.81 bits per heavy atom. The molecule has 0 aromatic rings. The molecule has 5 nitrogen and oxygen atoms in total. The van der Waals surface area contributed by atoms with Gasteiger partial charge in [-0.2, -0.15) is 0 Å². The third-order valence-corrected chi connectivity index (χ3v) is 3.26. The first kappa shape index (κ1) is 11.8. The van der Waals surface area contributed by atoms with Gasteiger partial charge in [0.25, 0.3) is 0 Å². The van der Waals surface area contributed by atoms with Gasteiger partial charge in [-0.15, -0.1) is 0 Å². The lowest BCUT2D eigenvalue weighted by molar-refractivity contribution is -0.158. The van der Waals surface area contributed by atoms with Gasteiger partial charge in [0.1, 0.15) is 18.3 Å². The Hall–Kier alpha value is -0.650. The Balaban J connectivity index is 1.90. The van der Waals surface area contributed by atoms with Crippen LogP contribution >= 0.6 is 0 Å². The van der Waals surface area contributed by atoms with Crippen LogP contribution in [0.5, 0.6) is 0 Å². The molecule has 1 N–H and O–H groups in total. The lowest BCUT2D eigenvalue weighted by atomic mass is 10.1. The van der Waals surface area contributed by atoms with E-state index in [0.29, 0.717) is 6.61 Å². The van der Waals surface area contributed by atoms with Gasteiger partial charge in [-0.3, -0.25) is 4.79 Å². The first-order chi connectivity index (χ1) is 7.63. The summed E-state index contributed by atoms with van der Waals surface area (Å²) in [6, 6.07) is 0. The Morgan fingerprint density at radius 2 is 2.12 bits per heavy atom. The average molecular weight is 230 g/mol. The standard InChI is InChI=1S/C11H18O5/c1-3-6(2)11(13)16-8-5-15-9-7(12)4-14-10(8)9/h6-10,12H,3-5H2,1-2H3. The third kappa shape index (κ3) is 2.07. The molecule has 0 bridgehead atoms. The number of carbonyl (C=O) groups excluding carboxylic acids is 1. The van der Waals surface area contributed by atoms with Crippen LogP contribution < -0.4 is 0 Å². The van der Waals surface area contributed by atoms with Gasteiger partial charge in [-0.1, -0.05) is 13.8 Å². The van der Waals surface area contributed by atoms with Crippen molar-refractivity contribution in [1.82, 2.24) is 0 Å². The van der Waals surface area contributed by atoms with Crippen LogP contribution in [-0.2, 0) is 19.0 Å². The van der Waals surface area contributed by atoms with E-state index in [1.807, 2.05) is 13.8 Å². The Bertz CT molecular complexity index is 267. The van der Waals surface area contributed by atoms with Gasteiger partial charge in [-0.25, -0.2) is 0 Å². The van der Waals surface area contributed by atoms with E-state index in [1.165, 1.54) is 0 Å². The van der Waals surface area contributed by atoms with Crippen LogP contribution in [0.25, 0.3) is 0 Å². The molecule has 0 aliphatic carbocycles. The fraction of sp³-hybridized carbons (Fsp3) is 0.909. The van der Waals surface area contributed by atoms with E-state index >= 15 is 0 Å². The second-order valence-corrected chi connectivity index (χ2v) is 4.45.